The van der Waals surface area contributed by atoms with Gasteiger partial charge in [0.05, 0.1) is 5.56 Å². The second-order valence-electron chi connectivity index (χ2n) is 4.74. The Kier molecular flexibility index (Phi) is 4.78. The quantitative estimate of drug-likeness (QED) is 0.733. The fourth-order valence-corrected chi connectivity index (χ4v) is 3.07. The molecule has 5 nitrogen and oxygen atoms in total. The lowest BCUT2D eigenvalue weighted by molar-refractivity contribution is 0.102. The lowest BCUT2D eigenvalue weighted by atomic mass is 10.2. The Labute approximate surface area is 146 Å². The van der Waals surface area contributed by atoms with E-state index in [9.17, 15) is 4.79 Å². The van der Waals surface area contributed by atoms with Crippen LogP contribution >= 0.6 is 27.7 Å². The molecule has 0 atom stereocenters. The second kappa shape index (κ2) is 6.97. The van der Waals surface area contributed by atoms with Crippen LogP contribution in [0.4, 0.5) is 5.82 Å². The first-order valence-corrected chi connectivity index (χ1v) is 8.42. The molecular weight excluding hydrogens is 376 g/mol. The Morgan fingerprint density at radius 1 is 1.22 bits per heavy atom. The molecule has 2 heterocycles. The lowest BCUT2D eigenvalue weighted by Crippen LogP contribution is -2.14. The van der Waals surface area contributed by atoms with E-state index in [1.165, 1.54) is 11.8 Å². The zero-order chi connectivity index (χ0) is 16.2. The summed E-state index contributed by atoms with van der Waals surface area (Å²) in [7, 11) is 1.80. The average molecular weight is 389 g/mol. The van der Waals surface area contributed by atoms with Crippen molar-refractivity contribution >= 4 is 39.4 Å². The number of rotatable bonds is 4. The van der Waals surface area contributed by atoms with Gasteiger partial charge in [-0.2, -0.15) is 5.10 Å². The molecule has 0 saturated heterocycles. The summed E-state index contributed by atoms with van der Waals surface area (Å²) in [5.74, 6) is 0.289. The molecule has 0 unspecified atom stereocenters. The number of carbonyl (C=O) groups is 1. The van der Waals surface area contributed by atoms with E-state index in [0.717, 1.165) is 9.37 Å². The van der Waals surface area contributed by atoms with Crippen LogP contribution in [0.2, 0.25) is 0 Å². The minimum atomic E-state index is -0.226. The molecule has 23 heavy (non-hydrogen) atoms. The second-order valence-corrected chi connectivity index (χ2v) is 6.72. The van der Waals surface area contributed by atoms with E-state index in [2.05, 4.69) is 31.3 Å². The van der Waals surface area contributed by atoms with Gasteiger partial charge in [-0.25, -0.2) is 4.98 Å². The third kappa shape index (κ3) is 4.00. The van der Waals surface area contributed by atoms with E-state index in [1.54, 1.807) is 42.3 Å². The van der Waals surface area contributed by atoms with Crippen molar-refractivity contribution in [3.8, 4) is 0 Å². The SMILES string of the molecule is Cn1ccc(NC(=O)c2cccnc2Sc2ccc(Br)cc2)n1. The first-order chi connectivity index (χ1) is 11.1. The maximum absolute atomic E-state index is 12.5. The molecular formula is C16H13BrN4OS. The predicted octanol–water partition coefficient (Wildman–Crippen LogP) is 3.98. The molecule has 3 aromatic rings. The monoisotopic (exact) mass is 388 g/mol. The van der Waals surface area contributed by atoms with Crippen LogP contribution in [0.1, 0.15) is 10.4 Å². The van der Waals surface area contributed by atoms with Crippen LogP contribution in [0.25, 0.3) is 0 Å². The number of benzene rings is 1. The van der Waals surface area contributed by atoms with Gasteiger partial charge in [0.1, 0.15) is 5.03 Å². The number of carbonyl (C=O) groups excluding carboxylic acids is 1. The predicted molar refractivity (Wildman–Crippen MR) is 93.7 cm³/mol. The highest BCUT2D eigenvalue weighted by molar-refractivity contribution is 9.10. The highest BCUT2D eigenvalue weighted by Gasteiger charge is 2.14. The number of amides is 1. The van der Waals surface area contributed by atoms with Crippen LogP contribution in [-0.4, -0.2) is 20.7 Å². The number of hydrogen-bond acceptors (Lipinski definition) is 4. The summed E-state index contributed by atoms with van der Waals surface area (Å²) in [4.78, 5) is 17.8. The molecule has 0 spiro atoms. The Bertz CT molecular complexity index is 832. The highest BCUT2D eigenvalue weighted by atomic mass is 79.9. The first-order valence-electron chi connectivity index (χ1n) is 6.81. The van der Waals surface area contributed by atoms with E-state index in [-0.39, 0.29) is 5.91 Å². The fraction of sp³-hybridized carbons (Fsp3) is 0.0625. The molecule has 0 aliphatic rings. The number of pyridine rings is 1. The maximum Gasteiger partial charge on any atom is 0.259 e. The van der Waals surface area contributed by atoms with Crippen molar-refractivity contribution in [3.63, 3.8) is 0 Å². The van der Waals surface area contributed by atoms with Crippen molar-refractivity contribution in [2.24, 2.45) is 7.05 Å². The smallest absolute Gasteiger partial charge is 0.259 e. The minimum Gasteiger partial charge on any atom is -0.305 e. The zero-order valence-corrected chi connectivity index (χ0v) is 14.6. The number of hydrogen-bond donors (Lipinski definition) is 1. The molecule has 0 aliphatic carbocycles. The van der Waals surface area contributed by atoms with Crippen molar-refractivity contribution in [1.82, 2.24) is 14.8 Å². The summed E-state index contributed by atoms with van der Waals surface area (Å²) in [6.45, 7) is 0. The summed E-state index contributed by atoms with van der Waals surface area (Å²) < 4.78 is 2.65. The van der Waals surface area contributed by atoms with E-state index in [4.69, 9.17) is 0 Å². The van der Waals surface area contributed by atoms with Gasteiger partial charge in [-0.1, -0.05) is 27.7 Å². The average Bonchev–Trinajstić information content (AvgIpc) is 2.95. The van der Waals surface area contributed by atoms with Crippen molar-refractivity contribution in [3.05, 3.63) is 64.9 Å². The summed E-state index contributed by atoms with van der Waals surface area (Å²) in [6.07, 6.45) is 3.45. The molecule has 0 fully saturated rings. The number of aryl methyl sites for hydroxylation is 1. The normalized spacial score (nSPS) is 10.5. The summed E-state index contributed by atoms with van der Waals surface area (Å²) in [5, 5.41) is 7.59. The molecule has 1 N–H and O–H groups in total. The van der Waals surface area contributed by atoms with E-state index in [0.29, 0.717) is 16.4 Å². The largest absolute Gasteiger partial charge is 0.305 e. The lowest BCUT2D eigenvalue weighted by Gasteiger charge is -2.07. The van der Waals surface area contributed by atoms with Gasteiger partial charge in [0, 0.05) is 34.9 Å². The standard InChI is InChI=1S/C16H13BrN4OS/c1-21-10-8-14(20-21)19-15(22)13-3-2-9-18-16(13)23-12-6-4-11(17)5-7-12/h2-10H,1H3,(H,19,20,22). The van der Waals surface area contributed by atoms with Crippen LogP contribution < -0.4 is 5.32 Å². The molecule has 0 aliphatic heterocycles. The van der Waals surface area contributed by atoms with Gasteiger partial charge in [-0.05, 0) is 36.4 Å². The number of anilines is 1. The van der Waals surface area contributed by atoms with Gasteiger partial charge in [0.2, 0.25) is 0 Å². The molecule has 3 rings (SSSR count). The molecule has 2 aromatic heterocycles. The summed E-state index contributed by atoms with van der Waals surface area (Å²) in [6, 6.07) is 13.1. The summed E-state index contributed by atoms with van der Waals surface area (Å²) >= 11 is 4.86. The van der Waals surface area contributed by atoms with E-state index in [1.807, 2.05) is 24.3 Å². The number of nitrogens with one attached hydrogen (secondary N) is 1. The van der Waals surface area contributed by atoms with Gasteiger partial charge in [0.25, 0.3) is 5.91 Å². The minimum absolute atomic E-state index is 0.226. The molecule has 1 amide bonds. The summed E-state index contributed by atoms with van der Waals surface area (Å²) in [5.41, 5.74) is 0.520. The number of nitrogens with zero attached hydrogens (tertiary/aromatic N) is 3. The molecule has 0 saturated carbocycles. The van der Waals surface area contributed by atoms with Gasteiger partial charge >= 0.3 is 0 Å². The van der Waals surface area contributed by atoms with Crippen LogP contribution in [-0.2, 0) is 7.05 Å². The van der Waals surface area contributed by atoms with Gasteiger partial charge in [-0.15, -0.1) is 0 Å². The third-order valence-electron chi connectivity index (χ3n) is 3.00. The number of halogens is 1. The van der Waals surface area contributed by atoms with E-state index < -0.39 is 0 Å². The highest BCUT2D eigenvalue weighted by Crippen LogP contribution is 2.29. The molecule has 0 bridgehead atoms. The molecule has 1 aromatic carbocycles. The molecule has 116 valence electrons. The Hall–Kier alpha value is -2.12. The van der Waals surface area contributed by atoms with Gasteiger partial charge in [-0.3, -0.25) is 9.48 Å². The number of aromatic nitrogens is 3. The van der Waals surface area contributed by atoms with Crippen LogP contribution in [0, 0.1) is 0 Å². The van der Waals surface area contributed by atoms with Crippen molar-refractivity contribution in [2.45, 2.75) is 9.92 Å². The van der Waals surface area contributed by atoms with Gasteiger partial charge < -0.3 is 5.32 Å². The van der Waals surface area contributed by atoms with Crippen molar-refractivity contribution in [1.29, 1.82) is 0 Å². The first kappa shape index (κ1) is 15.8. The van der Waals surface area contributed by atoms with Crippen LogP contribution in [0.3, 0.4) is 0 Å². The van der Waals surface area contributed by atoms with Crippen molar-refractivity contribution < 1.29 is 4.79 Å². The fourth-order valence-electron chi connectivity index (χ4n) is 1.92. The molecule has 0 radical (unpaired) electrons. The Morgan fingerprint density at radius 2 is 2.00 bits per heavy atom. The Balaban J connectivity index is 1.82. The zero-order valence-electron chi connectivity index (χ0n) is 12.2. The van der Waals surface area contributed by atoms with Gasteiger partial charge in [0.15, 0.2) is 5.82 Å². The maximum atomic E-state index is 12.5. The topological polar surface area (TPSA) is 59.8 Å². The Morgan fingerprint density at radius 3 is 2.70 bits per heavy atom. The molecule has 7 heteroatoms. The van der Waals surface area contributed by atoms with E-state index >= 15 is 0 Å². The van der Waals surface area contributed by atoms with Crippen LogP contribution in [0.5, 0.6) is 0 Å². The third-order valence-corrected chi connectivity index (χ3v) is 4.55. The van der Waals surface area contributed by atoms with Crippen molar-refractivity contribution in [2.75, 3.05) is 5.32 Å². The van der Waals surface area contributed by atoms with Crippen LogP contribution in [0.15, 0.2) is 69.3 Å².